The van der Waals surface area contributed by atoms with E-state index in [4.69, 9.17) is 16.2 Å². The van der Waals surface area contributed by atoms with Gasteiger partial charge in [-0.05, 0) is 31.0 Å². The molecule has 1 aliphatic rings. The molecule has 3 unspecified atom stereocenters. The summed E-state index contributed by atoms with van der Waals surface area (Å²) in [7, 11) is 0. The molecular formula is C17H25Cl2F3N4O2. The van der Waals surface area contributed by atoms with Crippen LogP contribution in [0, 0.1) is 0 Å². The van der Waals surface area contributed by atoms with Gasteiger partial charge >= 0.3 is 12.1 Å². The van der Waals surface area contributed by atoms with E-state index in [9.17, 15) is 18.0 Å². The largest absolute Gasteiger partial charge is 0.481 e. The maximum Gasteiger partial charge on any atom is 0.471 e. The van der Waals surface area contributed by atoms with Gasteiger partial charge in [-0.2, -0.15) is 13.2 Å². The minimum absolute atomic E-state index is 0. The van der Waals surface area contributed by atoms with E-state index >= 15 is 0 Å². The topological polar surface area (TPSA) is 103 Å². The maximum absolute atomic E-state index is 12.6. The van der Waals surface area contributed by atoms with Crippen molar-refractivity contribution < 1.29 is 22.7 Å². The Morgan fingerprint density at radius 2 is 2.00 bits per heavy atom. The Kier molecular flexibility index (Phi) is 10.1. The molecule has 1 amide bonds. The van der Waals surface area contributed by atoms with Crippen molar-refractivity contribution in [3.63, 3.8) is 0 Å². The normalized spacial score (nSPS) is 17.6. The van der Waals surface area contributed by atoms with E-state index in [-0.39, 0.29) is 30.9 Å². The Morgan fingerprint density at radius 3 is 2.57 bits per heavy atom. The zero-order valence-electron chi connectivity index (χ0n) is 15.5. The van der Waals surface area contributed by atoms with E-state index in [0.717, 1.165) is 6.42 Å². The van der Waals surface area contributed by atoms with Crippen LogP contribution >= 0.6 is 24.8 Å². The first-order valence-electron chi connectivity index (χ1n) is 8.41. The monoisotopic (exact) mass is 444 g/mol. The first-order valence-corrected chi connectivity index (χ1v) is 8.41. The molecule has 1 heterocycles. The van der Waals surface area contributed by atoms with Crippen LogP contribution in [0.25, 0.3) is 0 Å². The van der Waals surface area contributed by atoms with Crippen molar-refractivity contribution in [3.8, 4) is 5.75 Å². The lowest BCUT2D eigenvalue weighted by atomic mass is 9.95. The number of hydrogen-bond donors (Lipinski definition) is 3. The molecule has 0 bridgehead atoms. The smallest absolute Gasteiger partial charge is 0.471 e. The lowest BCUT2D eigenvalue weighted by Gasteiger charge is -2.27. The van der Waals surface area contributed by atoms with Crippen molar-refractivity contribution in [2.45, 2.75) is 57.5 Å². The molecule has 1 aliphatic heterocycles. The minimum Gasteiger partial charge on any atom is -0.481 e. The van der Waals surface area contributed by atoms with Crippen molar-refractivity contribution in [1.82, 2.24) is 5.32 Å². The minimum atomic E-state index is -4.96. The van der Waals surface area contributed by atoms with Crippen molar-refractivity contribution in [1.29, 1.82) is 0 Å². The van der Waals surface area contributed by atoms with Gasteiger partial charge in [-0.3, -0.25) is 4.79 Å². The number of carbonyl (C=O) groups excluding carboxylic acids is 1. The molecule has 5 N–H and O–H groups in total. The lowest BCUT2D eigenvalue weighted by Crippen LogP contribution is -2.47. The summed E-state index contributed by atoms with van der Waals surface area (Å²) in [6, 6.07) is 3.25. The number of amides is 1. The fraction of sp³-hybridized carbons (Fsp3) is 0.529. The molecule has 0 spiro atoms. The highest BCUT2D eigenvalue weighted by Crippen LogP contribution is 2.35. The van der Waals surface area contributed by atoms with Gasteiger partial charge in [-0.15, -0.1) is 24.8 Å². The van der Waals surface area contributed by atoms with Crippen LogP contribution in [0.3, 0.4) is 0 Å². The number of aliphatic imine (C=N–C) groups is 1. The standard InChI is InChI=1S/C17H23F3N4O2.2ClH/c1-3-4-5-11(24-16(25)17(18,19)20)14(21)10-6-7-13-12(8-10)23-15(22)9(2)26-13;;/h6-9,11,14H,3-5,21H2,1-2H3,(H2,22,23)(H,24,25);2*1H. The number of nitrogens with two attached hydrogens (primary N) is 2. The van der Waals surface area contributed by atoms with Gasteiger partial charge in [0.2, 0.25) is 0 Å². The summed E-state index contributed by atoms with van der Waals surface area (Å²) in [5, 5.41) is 2.01. The molecule has 2 rings (SSSR count). The number of carbonyl (C=O) groups is 1. The molecule has 0 aromatic heterocycles. The lowest BCUT2D eigenvalue weighted by molar-refractivity contribution is -0.174. The van der Waals surface area contributed by atoms with Crippen LogP contribution in [0.2, 0.25) is 0 Å². The zero-order valence-corrected chi connectivity index (χ0v) is 17.1. The van der Waals surface area contributed by atoms with Crippen molar-refractivity contribution >= 4 is 42.2 Å². The van der Waals surface area contributed by atoms with Crippen LogP contribution in [0.5, 0.6) is 5.75 Å². The van der Waals surface area contributed by atoms with Crippen molar-refractivity contribution in [2.24, 2.45) is 16.5 Å². The molecule has 6 nitrogen and oxygen atoms in total. The maximum atomic E-state index is 12.6. The number of benzene rings is 1. The molecule has 0 aliphatic carbocycles. The third-order valence-corrected chi connectivity index (χ3v) is 4.21. The number of halogens is 5. The Labute approximate surface area is 174 Å². The highest BCUT2D eigenvalue weighted by molar-refractivity contribution is 5.89. The second-order valence-electron chi connectivity index (χ2n) is 6.27. The van der Waals surface area contributed by atoms with Crippen LogP contribution in [0.1, 0.15) is 44.7 Å². The van der Waals surface area contributed by atoms with Gasteiger partial charge in [0.1, 0.15) is 17.3 Å². The van der Waals surface area contributed by atoms with E-state index < -0.39 is 24.2 Å². The quantitative estimate of drug-likeness (QED) is 0.623. The first-order chi connectivity index (χ1) is 12.1. The Morgan fingerprint density at radius 1 is 1.36 bits per heavy atom. The fourth-order valence-corrected chi connectivity index (χ4v) is 2.66. The number of nitrogens with one attached hydrogen (secondary N) is 1. The molecule has 1 aromatic carbocycles. The molecule has 0 fully saturated rings. The molecule has 160 valence electrons. The van der Waals surface area contributed by atoms with Gasteiger partial charge in [0.05, 0.1) is 6.04 Å². The molecule has 0 saturated heterocycles. The molecule has 0 radical (unpaired) electrons. The number of rotatable bonds is 6. The second-order valence-corrected chi connectivity index (χ2v) is 6.27. The Hall–Kier alpha value is -1.71. The predicted octanol–water partition coefficient (Wildman–Crippen LogP) is 3.54. The van der Waals surface area contributed by atoms with E-state index in [1.165, 1.54) is 0 Å². The van der Waals surface area contributed by atoms with Gasteiger partial charge in [-0.1, -0.05) is 25.8 Å². The van der Waals surface area contributed by atoms with Gasteiger partial charge in [0.15, 0.2) is 6.10 Å². The average molecular weight is 445 g/mol. The van der Waals surface area contributed by atoms with Crippen LogP contribution in [-0.4, -0.2) is 30.1 Å². The molecular weight excluding hydrogens is 420 g/mol. The van der Waals surface area contributed by atoms with Crippen LogP contribution in [0.15, 0.2) is 23.2 Å². The van der Waals surface area contributed by atoms with Crippen molar-refractivity contribution in [3.05, 3.63) is 23.8 Å². The summed E-state index contributed by atoms with van der Waals surface area (Å²) in [5.41, 5.74) is 12.9. The second kappa shape index (κ2) is 10.7. The number of amidine groups is 1. The van der Waals surface area contributed by atoms with Gasteiger partial charge in [0.25, 0.3) is 0 Å². The average Bonchev–Trinajstić information content (AvgIpc) is 2.57. The van der Waals surface area contributed by atoms with Crippen molar-refractivity contribution in [2.75, 3.05) is 0 Å². The Balaban J connectivity index is 0.00000364. The number of fused-ring (bicyclic) bond motifs is 1. The Bertz CT molecular complexity index is 701. The number of ether oxygens (including phenoxy) is 1. The first kappa shape index (κ1) is 26.3. The third-order valence-electron chi connectivity index (χ3n) is 4.21. The van der Waals surface area contributed by atoms with Crippen LogP contribution < -0.4 is 21.5 Å². The number of unbranched alkanes of at least 4 members (excludes halogenated alkanes) is 1. The van der Waals surface area contributed by atoms with Crippen LogP contribution in [-0.2, 0) is 4.79 Å². The summed E-state index contributed by atoms with van der Waals surface area (Å²) >= 11 is 0. The summed E-state index contributed by atoms with van der Waals surface area (Å²) in [5.74, 6) is -1.17. The van der Waals surface area contributed by atoms with Gasteiger partial charge in [-0.25, -0.2) is 4.99 Å². The molecule has 0 saturated carbocycles. The number of alkyl halides is 3. The van der Waals surface area contributed by atoms with E-state index in [1.807, 2.05) is 12.2 Å². The van der Waals surface area contributed by atoms with Crippen LogP contribution in [0.4, 0.5) is 18.9 Å². The molecule has 28 heavy (non-hydrogen) atoms. The molecule has 11 heteroatoms. The van der Waals surface area contributed by atoms with Gasteiger partial charge < -0.3 is 21.5 Å². The number of hydrogen-bond acceptors (Lipinski definition) is 5. The predicted molar refractivity (Wildman–Crippen MR) is 107 cm³/mol. The summed E-state index contributed by atoms with van der Waals surface area (Å²) < 4.78 is 43.4. The van der Waals surface area contributed by atoms with E-state index in [2.05, 4.69) is 4.99 Å². The highest BCUT2D eigenvalue weighted by Gasteiger charge is 2.40. The van der Waals surface area contributed by atoms with E-state index in [0.29, 0.717) is 35.7 Å². The fourth-order valence-electron chi connectivity index (χ4n) is 2.66. The highest BCUT2D eigenvalue weighted by atomic mass is 35.5. The summed E-state index contributed by atoms with van der Waals surface area (Å²) in [6.07, 6.45) is -3.58. The number of nitrogens with zero attached hydrogens (tertiary/aromatic N) is 1. The molecule has 3 atom stereocenters. The third kappa shape index (κ3) is 6.42. The summed E-state index contributed by atoms with van der Waals surface area (Å²) in [4.78, 5) is 15.6. The summed E-state index contributed by atoms with van der Waals surface area (Å²) in [6.45, 7) is 3.66. The SMILES string of the molecule is CCCCC(NC(=O)C(F)(F)F)C(N)c1ccc2c(c1)N=C(N)C(C)O2.Cl.Cl. The zero-order chi connectivity index (χ0) is 19.5. The molecule has 1 aromatic rings. The van der Waals surface area contributed by atoms with E-state index in [1.54, 1.807) is 25.1 Å². The van der Waals surface area contributed by atoms with Gasteiger partial charge in [0, 0.05) is 6.04 Å².